The first kappa shape index (κ1) is 7.72. The van der Waals surface area contributed by atoms with Gasteiger partial charge in [0.05, 0.1) is 12.8 Å². The van der Waals surface area contributed by atoms with Crippen LogP contribution in [0.5, 0.6) is 5.75 Å². The van der Waals surface area contributed by atoms with Crippen LogP contribution >= 0.6 is 0 Å². The van der Waals surface area contributed by atoms with Crippen molar-refractivity contribution in [3.8, 4) is 5.75 Å². The lowest BCUT2D eigenvalue weighted by Crippen LogP contribution is -1.94. The molecule has 3 heteroatoms. The maximum Gasteiger partial charge on any atom is 0.143 e. The van der Waals surface area contributed by atoms with Gasteiger partial charge in [0.2, 0.25) is 0 Å². The summed E-state index contributed by atoms with van der Waals surface area (Å²) in [6.07, 6.45) is 0. The number of hydrogen-bond acceptors (Lipinski definition) is 3. The Bertz CT molecular complexity index is 248. The van der Waals surface area contributed by atoms with Gasteiger partial charge in [-0.2, -0.15) is 0 Å². The Morgan fingerprint density at radius 3 is 2.73 bits per heavy atom. The Kier molecular flexibility index (Phi) is 2.21. The summed E-state index contributed by atoms with van der Waals surface area (Å²) in [4.78, 5) is 0. The summed E-state index contributed by atoms with van der Waals surface area (Å²) in [5.41, 5.74) is 7.21. The topological polar surface area (TPSA) is 47.3 Å². The molecule has 60 valence electrons. The predicted octanol–water partition coefficient (Wildman–Crippen LogP) is 1.32. The molecule has 1 aromatic rings. The molecule has 0 radical (unpaired) electrons. The second-order valence-electron chi connectivity index (χ2n) is 2.21. The van der Waals surface area contributed by atoms with Crippen molar-refractivity contribution in [1.82, 2.24) is 0 Å². The summed E-state index contributed by atoms with van der Waals surface area (Å²) in [7, 11) is 3.46. The number of ether oxygens (including phenoxy) is 1. The SMILES string of the molecule is CNc1ccc(N)cc1OC. The molecule has 3 N–H and O–H groups in total. The number of nitrogen functional groups attached to an aromatic ring is 1. The number of anilines is 2. The molecule has 0 amide bonds. The third kappa shape index (κ3) is 1.55. The Hall–Kier alpha value is -1.38. The lowest BCUT2D eigenvalue weighted by atomic mass is 10.2. The maximum absolute atomic E-state index is 5.55. The zero-order chi connectivity index (χ0) is 8.27. The molecule has 1 rings (SSSR count). The number of rotatable bonds is 2. The third-order valence-corrected chi connectivity index (χ3v) is 1.49. The molecule has 0 spiro atoms. The highest BCUT2D eigenvalue weighted by Gasteiger charge is 1.98. The molecule has 0 unspecified atom stereocenters. The molecule has 0 fully saturated rings. The van der Waals surface area contributed by atoms with Gasteiger partial charge in [0.25, 0.3) is 0 Å². The van der Waals surface area contributed by atoms with Crippen LogP contribution in [0.4, 0.5) is 11.4 Å². The summed E-state index contributed by atoms with van der Waals surface area (Å²) in [6, 6.07) is 5.49. The number of hydrogen-bond donors (Lipinski definition) is 2. The minimum absolute atomic E-state index is 0.709. The molecule has 0 aliphatic carbocycles. The molecule has 0 saturated heterocycles. The average molecular weight is 152 g/mol. The van der Waals surface area contributed by atoms with Gasteiger partial charge in [-0.1, -0.05) is 0 Å². The van der Waals surface area contributed by atoms with E-state index in [-0.39, 0.29) is 0 Å². The Balaban J connectivity index is 3.06. The summed E-state index contributed by atoms with van der Waals surface area (Å²) < 4.78 is 5.07. The van der Waals surface area contributed by atoms with Gasteiger partial charge in [0.15, 0.2) is 0 Å². The van der Waals surface area contributed by atoms with E-state index in [1.165, 1.54) is 0 Å². The minimum atomic E-state index is 0.709. The summed E-state index contributed by atoms with van der Waals surface area (Å²) in [6.45, 7) is 0. The number of benzene rings is 1. The van der Waals surface area contributed by atoms with Crippen LogP contribution in [-0.2, 0) is 0 Å². The lowest BCUT2D eigenvalue weighted by molar-refractivity contribution is 0.417. The van der Waals surface area contributed by atoms with Gasteiger partial charge in [-0.3, -0.25) is 0 Å². The molecule has 0 bridgehead atoms. The van der Waals surface area contributed by atoms with Crippen LogP contribution in [0.2, 0.25) is 0 Å². The molecule has 0 heterocycles. The average Bonchev–Trinajstić information content (AvgIpc) is 2.04. The molecule has 0 saturated carbocycles. The number of nitrogens with one attached hydrogen (secondary N) is 1. The second kappa shape index (κ2) is 3.14. The molecule has 0 aliphatic rings. The van der Waals surface area contributed by atoms with Crippen molar-refractivity contribution in [3.05, 3.63) is 18.2 Å². The van der Waals surface area contributed by atoms with Gasteiger partial charge < -0.3 is 15.8 Å². The van der Waals surface area contributed by atoms with E-state index in [0.717, 1.165) is 11.4 Å². The third-order valence-electron chi connectivity index (χ3n) is 1.49. The maximum atomic E-state index is 5.55. The lowest BCUT2D eigenvalue weighted by Gasteiger charge is -2.07. The molecular formula is C8H12N2O. The van der Waals surface area contributed by atoms with Crippen molar-refractivity contribution < 1.29 is 4.74 Å². The van der Waals surface area contributed by atoms with Crippen LogP contribution in [0.15, 0.2) is 18.2 Å². The molecule has 11 heavy (non-hydrogen) atoms. The monoisotopic (exact) mass is 152 g/mol. The van der Waals surface area contributed by atoms with E-state index in [2.05, 4.69) is 5.32 Å². The Labute approximate surface area is 66.2 Å². The van der Waals surface area contributed by atoms with Gasteiger partial charge in [-0.05, 0) is 12.1 Å². The Morgan fingerprint density at radius 1 is 1.45 bits per heavy atom. The fraction of sp³-hybridized carbons (Fsp3) is 0.250. The fourth-order valence-electron chi connectivity index (χ4n) is 0.914. The zero-order valence-electron chi connectivity index (χ0n) is 6.72. The standard InChI is InChI=1S/C8H12N2O/c1-10-7-4-3-6(9)5-8(7)11-2/h3-5,10H,9H2,1-2H3. The second-order valence-corrected chi connectivity index (χ2v) is 2.21. The molecule has 0 atom stereocenters. The van der Waals surface area contributed by atoms with E-state index in [4.69, 9.17) is 10.5 Å². The van der Waals surface area contributed by atoms with Gasteiger partial charge >= 0.3 is 0 Å². The summed E-state index contributed by atoms with van der Waals surface area (Å²) >= 11 is 0. The van der Waals surface area contributed by atoms with E-state index in [0.29, 0.717) is 5.69 Å². The van der Waals surface area contributed by atoms with Crippen LogP contribution in [0.3, 0.4) is 0 Å². The highest BCUT2D eigenvalue weighted by Crippen LogP contribution is 2.25. The van der Waals surface area contributed by atoms with Crippen molar-refractivity contribution in [2.45, 2.75) is 0 Å². The smallest absolute Gasteiger partial charge is 0.143 e. The van der Waals surface area contributed by atoms with Gasteiger partial charge in [-0.15, -0.1) is 0 Å². The van der Waals surface area contributed by atoms with Crippen LogP contribution in [0.1, 0.15) is 0 Å². The van der Waals surface area contributed by atoms with Crippen LogP contribution in [0, 0.1) is 0 Å². The van der Waals surface area contributed by atoms with E-state index >= 15 is 0 Å². The highest BCUT2D eigenvalue weighted by atomic mass is 16.5. The van der Waals surface area contributed by atoms with Crippen LogP contribution < -0.4 is 15.8 Å². The molecule has 0 aliphatic heterocycles. The first-order chi connectivity index (χ1) is 5.27. The summed E-state index contributed by atoms with van der Waals surface area (Å²) in [5.74, 6) is 0.771. The van der Waals surface area contributed by atoms with Crippen molar-refractivity contribution in [2.24, 2.45) is 0 Å². The van der Waals surface area contributed by atoms with Gasteiger partial charge in [0.1, 0.15) is 5.75 Å². The molecule has 1 aromatic carbocycles. The normalized spacial score (nSPS) is 9.27. The van der Waals surface area contributed by atoms with Crippen molar-refractivity contribution in [3.63, 3.8) is 0 Å². The minimum Gasteiger partial charge on any atom is -0.495 e. The van der Waals surface area contributed by atoms with Gasteiger partial charge in [-0.25, -0.2) is 0 Å². The van der Waals surface area contributed by atoms with E-state index in [1.54, 1.807) is 13.2 Å². The quantitative estimate of drug-likeness (QED) is 0.628. The van der Waals surface area contributed by atoms with Crippen LogP contribution in [0.25, 0.3) is 0 Å². The zero-order valence-corrected chi connectivity index (χ0v) is 6.72. The first-order valence-electron chi connectivity index (χ1n) is 3.39. The molecule has 0 aromatic heterocycles. The highest BCUT2D eigenvalue weighted by molar-refractivity contribution is 5.62. The fourth-order valence-corrected chi connectivity index (χ4v) is 0.914. The first-order valence-corrected chi connectivity index (χ1v) is 3.39. The largest absolute Gasteiger partial charge is 0.495 e. The Morgan fingerprint density at radius 2 is 2.18 bits per heavy atom. The molecular weight excluding hydrogens is 140 g/mol. The van der Waals surface area contributed by atoms with E-state index in [1.807, 2.05) is 19.2 Å². The van der Waals surface area contributed by atoms with Crippen LogP contribution in [-0.4, -0.2) is 14.2 Å². The number of nitrogens with two attached hydrogens (primary N) is 1. The van der Waals surface area contributed by atoms with E-state index < -0.39 is 0 Å². The summed E-state index contributed by atoms with van der Waals surface area (Å²) in [5, 5.41) is 2.99. The van der Waals surface area contributed by atoms with Crippen molar-refractivity contribution in [2.75, 3.05) is 25.2 Å². The molecule has 3 nitrogen and oxygen atoms in total. The van der Waals surface area contributed by atoms with Crippen molar-refractivity contribution in [1.29, 1.82) is 0 Å². The van der Waals surface area contributed by atoms with Crippen molar-refractivity contribution >= 4 is 11.4 Å². The number of methoxy groups -OCH3 is 1. The van der Waals surface area contributed by atoms with E-state index in [9.17, 15) is 0 Å². The predicted molar refractivity (Wildman–Crippen MR) is 47.0 cm³/mol. The van der Waals surface area contributed by atoms with Gasteiger partial charge in [0, 0.05) is 18.8 Å².